The van der Waals surface area contributed by atoms with Crippen molar-refractivity contribution in [1.29, 1.82) is 0 Å². The van der Waals surface area contributed by atoms with Crippen molar-refractivity contribution in [2.75, 3.05) is 4.90 Å². The molecular formula is C18H15BrF3N3O3. The van der Waals surface area contributed by atoms with E-state index in [0.717, 1.165) is 22.6 Å². The molecule has 0 N–H and O–H groups in total. The minimum Gasteiger partial charge on any atom is -0.406 e. The zero-order valence-electron chi connectivity index (χ0n) is 14.8. The number of nitrogens with zero attached hydrogens (tertiary/aromatic N) is 3. The summed E-state index contributed by atoms with van der Waals surface area (Å²) in [5, 5.41) is 0. The molecule has 1 fully saturated rings. The number of urea groups is 1. The number of carbonyl (C=O) groups is 2. The molecular weight excluding hydrogens is 443 g/mol. The van der Waals surface area contributed by atoms with Crippen LogP contribution in [-0.4, -0.2) is 33.7 Å². The van der Waals surface area contributed by atoms with Crippen LogP contribution >= 0.6 is 15.9 Å². The fraction of sp³-hybridized carbons (Fsp3) is 0.278. The summed E-state index contributed by atoms with van der Waals surface area (Å²) in [6.45, 7) is 3.39. The van der Waals surface area contributed by atoms with E-state index in [4.69, 9.17) is 0 Å². The monoisotopic (exact) mass is 457 g/mol. The van der Waals surface area contributed by atoms with Gasteiger partial charge in [0.05, 0.1) is 5.69 Å². The Labute approximate surface area is 167 Å². The third-order valence-corrected chi connectivity index (χ3v) is 5.05. The zero-order valence-corrected chi connectivity index (χ0v) is 16.4. The number of pyridine rings is 1. The lowest BCUT2D eigenvalue weighted by molar-refractivity contribution is -0.274. The third-order valence-electron chi connectivity index (χ3n) is 4.34. The number of alkyl halides is 3. The molecule has 0 atom stereocenters. The number of halogens is 4. The van der Waals surface area contributed by atoms with Gasteiger partial charge in [-0.05, 0) is 65.7 Å². The summed E-state index contributed by atoms with van der Waals surface area (Å²) in [5.74, 6) is -0.917. The van der Waals surface area contributed by atoms with Gasteiger partial charge in [0.1, 0.15) is 11.3 Å². The number of rotatable bonds is 4. The van der Waals surface area contributed by atoms with Crippen molar-refractivity contribution in [2.45, 2.75) is 32.3 Å². The largest absolute Gasteiger partial charge is 0.573 e. The first kappa shape index (κ1) is 20.1. The number of amides is 3. The quantitative estimate of drug-likeness (QED) is 0.634. The summed E-state index contributed by atoms with van der Waals surface area (Å²) in [5.41, 5.74) is -0.213. The zero-order chi connectivity index (χ0) is 20.7. The van der Waals surface area contributed by atoms with Crippen LogP contribution in [0.4, 0.5) is 23.7 Å². The van der Waals surface area contributed by atoms with E-state index in [0.29, 0.717) is 4.47 Å². The van der Waals surface area contributed by atoms with Gasteiger partial charge in [-0.25, -0.2) is 9.69 Å². The van der Waals surface area contributed by atoms with E-state index in [-0.39, 0.29) is 12.2 Å². The average molecular weight is 458 g/mol. The molecule has 0 bridgehead atoms. The number of anilines is 1. The standard InChI is InChI=1S/C18H15BrF3N3O3/c1-17(2)15(26)25(12-3-5-13(6-4-12)28-18(20,21)22)16(27)24(17)10-11-7-8-23-9-14(11)19/h3-9H,10H2,1-2H3. The van der Waals surface area contributed by atoms with Crippen molar-refractivity contribution in [1.82, 2.24) is 9.88 Å². The van der Waals surface area contributed by atoms with Gasteiger partial charge in [-0.3, -0.25) is 9.78 Å². The lowest BCUT2D eigenvalue weighted by Crippen LogP contribution is -2.43. The highest BCUT2D eigenvalue weighted by Crippen LogP contribution is 2.35. The van der Waals surface area contributed by atoms with Crippen LogP contribution in [0.2, 0.25) is 0 Å². The maximum absolute atomic E-state index is 13.0. The summed E-state index contributed by atoms with van der Waals surface area (Å²) >= 11 is 3.36. The summed E-state index contributed by atoms with van der Waals surface area (Å²) < 4.78 is 41.4. The molecule has 0 aliphatic carbocycles. The number of ether oxygens (including phenoxy) is 1. The van der Waals surface area contributed by atoms with Crippen LogP contribution in [-0.2, 0) is 11.3 Å². The van der Waals surface area contributed by atoms with Gasteiger partial charge in [-0.15, -0.1) is 13.2 Å². The van der Waals surface area contributed by atoms with E-state index < -0.39 is 29.6 Å². The molecule has 3 rings (SSSR count). The van der Waals surface area contributed by atoms with Crippen LogP contribution in [0.25, 0.3) is 0 Å². The Morgan fingerprint density at radius 3 is 2.36 bits per heavy atom. The Bertz CT molecular complexity index is 916. The fourth-order valence-corrected chi connectivity index (χ4v) is 3.20. The SMILES string of the molecule is CC1(C)C(=O)N(c2ccc(OC(F)(F)F)cc2)C(=O)N1Cc1ccncc1Br. The van der Waals surface area contributed by atoms with Crippen molar-refractivity contribution in [3.63, 3.8) is 0 Å². The van der Waals surface area contributed by atoms with Gasteiger partial charge in [0.25, 0.3) is 5.91 Å². The summed E-state index contributed by atoms with van der Waals surface area (Å²) in [6.07, 6.45) is -1.66. The molecule has 1 aromatic carbocycles. The maximum Gasteiger partial charge on any atom is 0.573 e. The Kier molecular flexibility index (Phi) is 5.09. The van der Waals surface area contributed by atoms with Gasteiger partial charge in [-0.1, -0.05) is 0 Å². The lowest BCUT2D eigenvalue weighted by Gasteiger charge is -2.28. The van der Waals surface area contributed by atoms with Crippen LogP contribution in [0.1, 0.15) is 19.4 Å². The molecule has 0 radical (unpaired) electrons. The van der Waals surface area contributed by atoms with Gasteiger partial charge < -0.3 is 9.64 Å². The minimum absolute atomic E-state index is 0.159. The first-order chi connectivity index (χ1) is 13.0. The fourth-order valence-electron chi connectivity index (χ4n) is 2.83. The highest BCUT2D eigenvalue weighted by atomic mass is 79.9. The Morgan fingerprint density at radius 1 is 1.14 bits per heavy atom. The molecule has 1 aliphatic rings. The molecule has 1 aliphatic heterocycles. The number of benzene rings is 1. The molecule has 1 saturated heterocycles. The number of imide groups is 1. The summed E-state index contributed by atoms with van der Waals surface area (Å²) in [4.78, 5) is 32.1. The number of hydrogen-bond donors (Lipinski definition) is 0. The van der Waals surface area contributed by atoms with Gasteiger partial charge in [-0.2, -0.15) is 0 Å². The van der Waals surface area contributed by atoms with Crippen molar-refractivity contribution in [3.05, 3.63) is 52.8 Å². The first-order valence-electron chi connectivity index (χ1n) is 8.11. The third kappa shape index (κ3) is 3.82. The molecule has 6 nitrogen and oxygen atoms in total. The number of carbonyl (C=O) groups excluding carboxylic acids is 2. The van der Waals surface area contributed by atoms with Crippen LogP contribution in [0.15, 0.2) is 47.2 Å². The average Bonchev–Trinajstić information content (AvgIpc) is 2.76. The van der Waals surface area contributed by atoms with Crippen LogP contribution in [0.5, 0.6) is 5.75 Å². The Morgan fingerprint density at radius 2 is 1.79 bits per heavy atom. The van der Waals surface area contributed by atoms with Crippen LogP contribution in [0, 0.1) is 0 Å². The van der Waals surface area contributed by atoms with E-state index >= 15 is 0 Å². The topological polar surface area (TPSA) is 62.7 Å². The molecule has 2 heterocycles. The summed E-state index contributed by atoms with van der Waals surface area (Å²) in [7, 11) is 0. The molecule has 0 spiro atoms. The van der Waals surface area contributed by atoms with E-state index in [1.54, 1.807) is 32.3 Å². The molecule has 10 heteroatoms. The maximum atomic E-state index is 13.0. The number of aromatic nitrogens is 1. The molecule has 148 valence electrons. The predicted molar refractivity (Wildman–Crippen MR) is 97.6 cm³/mol. The smallest absolute Gasteiger partial charge is 0.406 e. The summed E-state index contributed by atoms with van der Waals surface area (Å²) in [6, 6.07) is 5.74. The van der Waals surface area contributed by atoms with Gasteiger partial charge >= 0.3 is 12.4 Å². The molecule has 0 unspecified atom stereocenters. The highest BCUT2D eigenvalue weighted by Gasteiger charge is 2.51. The van der Waals surface area contributed by atoms with Crippen LogP contribution in [0.3, 0.4) is 0 Å². The second-order valence-electron chi connectivity index (χ2n) is 6.58. The van der Waals surface area contributed by atoms with E-state index in [9.17, 15) is 22.8 Å². The van der Waals surface area contributed by atoms with Crippen molar-refractivity contribution >= 4 is 33.6 Å². The second-order valence-corrected chi connectivity index (χ2v) is 7.43. The molecule has 2 aromatic rings. The van der Waals surface area contributed by atoms with E-state index in [1.165, 1.54) is 17.0 Å². The lowest BCUT2D eigenvalue weighted by atomic mass is 10.0. The predicted octanol–water partition coefficient (Wildman–Crippen LogP) is 4.49. The molecule has 3 amide bonds. The first-order valence-corrected chi connectivity index (χ1v) is 8.90. The van der Waals surface area contributed by atoms with Crippen molar-refractivity contribution in [3.8, 4) is 5.75 Å². The van der Waals surface area contributed by atoms with Gasteiger partial charge in [0, 0.05) is 23.4 Å². The van der Waals surface area contributed by atoms with E-state index in [2.05, 4.69) is 25.7 Å². The minimum atomic E-state index is -4.82. The van der Waals surface area contributed by atoms with Gasteiger partial charge in [0.15, 0.2) is 0 Å². The highest BCUT2D eigenvalue weighted by molar-refractivity contribution is 9.10. The number of hydrogen-bond acceptors (Lipinski definition) is 4. The molecule has 0 saturated carbocycles. The Balaban J connectivity index is 1.88. The molecule has 28 heavy (non-hydrogen) atoms. The van der Waals surface area contributed by atoms with E-state index in [1.807, 2.05) is 0 Å². The normalized spacial score (nSPS) is 16.6. The second kappa shape index (κ2) is 7.08. The molecule has 1 aromatic heterocycles. The van der Waals surface area contributed by atoms with Crippen molar-refractivity contribution in [2.24, 2.45) is 0 Å². The van der Waals surface area contributed by atoms with Crippen LogP contribution < -0.4 is 9.64 Å². The Hall–Kier alpha value is -2.62. The van der Waals surface area contributed by atoms with Gasteiger partial charge in [0.2, 0.25) is 0 Å². The van der Waals surface area contributed by atoms with Crippen molar-refractivity contribution < 1.29 is 27.5 Å².